The maximum absolute atomic E-state index is 11.7. The van der Waals surface area contributed by atoms with Crippen molar-refractivity contribution in [2.24, 2.45) is 0 Å². The van der Waals surface area contributed by atoms with Gasteiger partial charge >= 0.3 is 0 Å². The van der Waals surface area contributed by atoms with Gasteiger partial charge < -0.3 is 5.32 Å². The Kier molecular flexibility index (Phi) is 3.53. The van der Waals surface area contributed by atoms with E-state index in [4.69, 9.17) is 0 Å². The second kappa shape index (κ2) is 5.09. The molecule has 0 aliphatic heterocycles. The molecule has 17 heavy (non-hydrogen) atoms. The zero-order valence-corrected chi connectivity index (χ0v) is 10.8. The van der Waals surface area contributed by atoms with Gasteiger partial charge in [0.1, 0.15) is 19.2 Å². The minimum Gasteiger partial charge on any atom is -0.323 e. The minimum atomic E-state index is -0.139. The van der Waals surface area contributed by atoms with E-state index in [-0.39, 0.29) is 12.5 Å². The smallest absolute Gasteiger partial charge is 0.246 e. The van der Waals surface area contributed by atoms with Crippen LogP contribution in [-0.4, -0.2) is 20.7 Å². The summed E-state index contributed by atoms with van der Waals surface area (Å²) < 4.78 is 2.33. The highest BCUT2D eigenvalue weighted by Gasteiger charge is 2.06. The fourth-order valence-electron chi connectivity index (χ4n) is 1.37. The molecule has 5 nitrogen and oxygen atoms in total. The van der Waals surface area contributed by atoms with Crippen molar-refractivity contribution in [1.82, 2.24) is 14.8 Å². The molecule has 0 spiro atoms. The molecule has 1 amide bonds. The van der Waals surface area contributed by atoms with E-state index in [1.807, 2.05) is 25.1 Å². The predicted octanol–water partition coefficient (Wildman–Crippen LogP) is 1.99. The van der Waals surface area contributed by atoms with Crippen LogP contribution < -0.4 is 5.32 Å². The monoisotopic (exact) mass is 294 g/mol. The minimum absolute atomic E-state index is 0.139. The number of aryl methyl sites for hydroxylation is 1. The van der Waals surface area contributed by atoms with Gasteiger partial charge in [0.2, 0.25) is 5.91 Å². The molecule has 0 fully saturated rings. The molecule has 1 aromatic heterocycles. The summed E-state index contributed by atoms with van der Waals surface area (Å²) in [6, 6.07) is 5.75. The SMILES string of the molecule is Cc1ccc(NC(=O)Cn2cncn2)c(Br)c1. The highest BCUT2D eigenvalue weighted by Crippen LogP contribution is 2.23. The van der Waals surface area contributed by atoms with Gasteiger partial charge in [-0.15, -0.1) is 0 Å². The first-order chi connectivity index (χ1) is 8.15. The average molecular weight is 295 g/mol. The van der Waals surface area contributed by atoms with E-state index < -0.39 is 0 Å². The largest absolute Gasteiger partial charge is 0.323 e. The maximum Gasteiger partial charge on any atom is 0.246 e. The van der Waals surface area contributed by atoms with Crippen LogP contribution in [0.3, 0.4) is 0 Å². The molecule has 0 saturated heterocycles. The number of anilines is 1. The Morgan fingerprint density at radius 2 is 2.35 bits per heavy atom. The fourth-order valence-corrected chi connectivity index (χ4v) is 1.97. The molecule has 0 bridgehead atoms. The number of hydrogen-bond donors (Lipinski definition) is 1. The van der Waals surface area contributed by atoms with Gasteiger partial charge in [-0.05, 0) is 40.5 Å². The highest BCUT2D eigenvalue weighted by molar-refractivity contribution is 9.10. The van der Waals surface area contributed by atoms with Crippen LogP contribution in [-0.2, 0) is 11.3 Å². The zero-order chi connectivity index (χ0) is 12.3. The van der Waals surface area contributed by atoms with Crippen molar-refractivity contribution in [2.45, 2.75) is 13.5 Å². The molecule has 0 aliphatic carbocycles. The van der Waals surface area contributed by atoms with E-state index in [2.05, 4.69) is 31.3 Å². The van der Waals surface area contributed by atoms with Gasteiger partial charge in [0.25, 0.3) is 0 Å². The Hall–Kier alpha value is -1.69. The molecule has 2 rings (SSSR count). The number of nitrogens with zero attached hydrogens (tertiary/aromatic N) is 3. The first-order valence-corrected chi connectivity index (χ1v) is 5.83. The Labute approximate surface area is 107 Å². The second-order valence-electron chi connectivity index (χ2n) is 3.62. The Morgan fingerprint density at radius 3 is 3.00 bits per heavy atom. The van der Waals surface area contributed by atoms with Crippen molar-refractivity contribution in [2.75, 3.05) is 5.32 Å². The van der Waals surface area contributed by atoms with Gasteiger partial charge in [-0.25, -0.2) is 9.67 Å². The number of halogens is 1. The van der Waals surface area contributed by atoms with Crippen LogP contribution >= 0.6 is 15.9 Å². The van der Waals surface area contributed by atoms with Crippen LogP contribution in [0.15, 0.2) is 35.3 Å². The maximum atomic E-state index is 11.7. The third-order valence-corrected chi connectivity index (χ3v) is 2.83. The number of benzene rings is 1. The molecule has 0 unspecified atom stereocenters. The molecule has 1 heterocycles. The number of amides is 1. The molecule has 0 saturated carbocycles. The predicted molar refractivity (Wildman–Crippen MR) is 67.5 cm³/mol. The summed E-state index contributed by atoms with van der Waals surface area (Å²) >= 11 is 3.40. The normalized spacial score (nSPS) is 10.2. The van der Waals surface area contributed by atoms with E-state index in [9.17, 15) is 4.79 Å². The summed E-state index contributed by atoms with van der Waals surface area (Å²) in [7, 11) is 0. The molecule has 0 aliphatic rings. The van der Waals surface area contributed by atoms with Crippen molar-refractivity contribution in [3.05, 3.63) is 40.9 Å². The van der Waals surface area contributed by atoms with Crippen molar-refractivity contribution >= 4 is 27.5 Å². The number of aromatic nitrogens is 3. The molecule has 1 N–H and O–H groups in total. The van der Waals surface area contributed by atoms with Crippen molar-refractivity contribution in [3.8, 4) is 0 Å². The summed E-state index contributed by atoms with van der Waals surface area (Å²) in [6.45, 7) is 2.14. The quantitative estimate of drug-likeness (QED) is 0.942. The van der Waals surface area contributed by atoms with Crippen LogP contribution in [0.25, 0.3) is 0 Å². The standard InChI is InChI=1S/C11H11BrN4O/c1-8-2-3-10(9(12)4-8)15-11(17)5-16-7-13-6-14-16/h2-4,6-7H,5H2,1H3,(H,15,17). The molecule has 2 aromatic rings. The van der Waals surface area contributed by atoms with E-state index in [1.54, 1.807) is 0 Å². The van der Waals surface area contributed by atoms with Crippen LogP contribution in [0.2, 0.25) is 0 Å². The lowest BCUT2D eigenvalue weighted by atomic mass is 10.2. The second-order valence-corrected chi connectivity index (χ2v) is 4.48. The van der Waals surface area contributed by atoms with E-state index in [0.29, 0.717) is 0 Å². The summed E-state index contributed by atoms with van der Waals surface area (Å²) in [5, 5.41) is 6.67. The molecule has 0 atom stereocenters. The van der Waals surface area contributed by atoms with Crippen molar-refractivity contribution < 1.29 is 4.79 Å². The summed E-state index contributed by atoms with van der Waals surface area (Å²) in [5.41, 5.74) is 1.88. The topological polar surface area (TPSA) is 59.8 Å². The first kappa shape index (κ1) is 11.8. The summed E-state index contributed by atoms with van der Waals surface area (Å²) in [4.78, 5) is 15.5. The van der Waals surface area contributed by atoms with Gasteiger partial charge in [-0.2, -0.15) is 5.10 Å². The average Bonchev–Trinajstić information content (AvgIpc) is 2.75. The molecular formula is C11H11BrN4O. The summed E-state index contributed by atoms with van der Waals surface area (Å²) in [6.07, 6.45) is 2.90. The van der Waals surface area contributed by atoms with Crippen molar-refractivity contribution in [3.63, 3.8) is 0 Å². The fraction of sp³-hybridized carbons (Fsp3) is 0.182. The van der Waals surface area contributed by atoms with Gasteiger partial charge in [-0.1, -0.05) is 6.07 Å². The molecule has 1 aromatic carbocycles. The van der Waals surface area contributed by atoms with Crippen LogP contribution in [0.4, 0.5) is 5.69 Å². The third kappa shape index (κ3) is 3.13. The van der Waals surface area contributed by atoms with Gasteiger partial charge in [0, 0.05) is 4.47 Å². The number of carbonyl (C=O) groups excluding carboxylic acids is 1. The van der Waals surface area contributed by atoms with Crippen LogP contribution in [0.5, 0.6) is 0 Å². The van der Waals surface area contributed by atoms with Gasteiger partial charge in [-0.3, -0.25) is 4.79 Å². The Balaban J connectivity index is 2.03. The highest BCUT2D eigenvalue weighted by atomic mass is 79.9. The van der Waals surface area contributed by atoms with Crippen molar-refractivity contribution in [1.29, 1.82) is 0 Å². The first-order valence-electron chi connectivity index (χ1n) is 5.03. The lowest BCUT2D eigenvalue weighted by molar-refractivity contribution is -0.116. The van der Waals surface area contributed by atoms with Gasteiger partial charge in [0.05, 0.1) is 5.69 Å². The zero-order valence-electron chi connectivity index (χ0n) is 9.22. The molecule has 0 radical (unpaired) electrons. The van der Waals surface area contributed by atoms with Gasteiger partial charge in [0.15, 0.2) is 0 Å². The number of rotatable bonds is 3. The van der Waals surface area contributed by atoms with Crippen LogP contribution in [0, 0.1) is 6.92 Å². The van der Waals surface area contributed by atoms with Crippen LogP contribution in [0.1, 0.15) is 5.56 Å². The molecule has 88 valence electrons. The number of carbonyl (C=O) groups is 1. The van der Waals surface area contributed by atoms with E-state index >= 15 is 0 Å². The Bertz CT molecular complexity index is 524. The summed E-state index contributed by atoms with van der Waals surface area (Å²) in [5.74, 6) is -0.139. The van der Waals surface area contributed by atoms with E-state index in [1.165, 1.54) is 17.3 Å². The number of hydrogen-bond acceptors (Lipinski definition) is 3. The lowest BCUT2D eigenvalue weighted by Gasteiger charge is -2.07. The third-order valence-electron chi connectivity index (χ3n) is 2.17. The molecular weight excluding hydrogens is 284 g/mol. The van der Waals surface area contributed by atoms with E-state index in [0.717, 1.165) is 15.7 Å². The lowest BCUT2D eigenvalue weighted by Crippen LogP contribution is -2.19. The Morgan fingerprint density at radius 1 is 1.53 bits per heavy atom. The number of nitrogens with one attached hydrogen (secondary N) is 1. The molecule has 6 heteroatoms.